The zero-order valence-electron chi connectivity index (χ0n) is 6.62. The maximum atomic E-state index is 5.43. The van der Waals surface area contributed by atoms with Gasteiger partial charge in [0.1, 0.15) is 6.26 Å². The van der Waals surface area contributed by atoms with Crippen molar-refractivity contribution in [3.63, 3.8) is 0 Å². The molecule has 1 fully saturated rings. The lowest BCUT2D eigenvalue weighted by atomic mass is 9.96. The van der Waals surface area contributed by atoms with Gasteiger partial charge in [-0.3, -0.25) is 0 Å². The van der Waals surface area contributed by atoms with Crippen LogP contribution in [0.2, 0.25) is 0 Å². The molecule has 0 aliphatic carbocycles. The molecule has 4 nitrogen and oxygen atoms in total. The second-order valence-corrected chi connectivity index (χ2v) is 3.37. The first-order chi connectivity index (χ1) is 5.93. The molecule has 0 saturated carbocycles. The Kier molecular flexibility index (Phi) is 1.27. The van der Waals surface area contributed by atoms with E-state index in [0.29, 0.717) is 12.1 Å². The van der Waals surface area contributed by atoms with Gasteiger partial charge in [-0.25, -0.2) is 0 Å². The fraction of sp³-hybridized carbons (Fsp3) is 0.625. The molecule has 0 radical (unpaired) electrons. The van der Waals surface area contributed by atoms with Gasteiger partial charge in [0.2, 0.25) is 0 Å². The molecule has 1 aromatic heterocycles. The Bertz CT molecular complexity index is 297. The Balaban J connectivity index is 2.04. The molecule has 0 amide bonds. The van der Waals surface area contributed by atoms with Crippen molar-refractivity contribution in [2.45, 2.75) is 18.5 Å². The number of aromatic nitrogens is 1. The van der Waals surface area contributed by atoms with Gasteiger partial charge in [0, 0.05) is 18.0 Å². The summed E-state index contributed by atoms with van der Waals surface area (Å²) in [6.07, 6.45) is 2.65. The standard InChI is InChI=1S/C8H10N2O2/c1-5-2-11-4-8(9-5)6-3-12-10-7(1)6/h3,5,8-9H,1-2,4H2. The molecule has 3 rings (SSSR count). The van der Waals surface area contributed by atoms with Crippen molar-refractivity contribution in [2.75, 3.05) is 13.2 Å². The van der Waals surface area contributed by atoms with E-state index in [0.717, 1.165) is 25.3 Å². The van der Waals surface area contributed by atoms with E-state index in [1.165, 1.54) is 5.56 Å². The number of fused-ring (bicyclic) bond motifs is 4. The van der Waals surface area contributed by atoms with Gasteiger partial charge in [0.15, 0.2) is 0 Å². The van der Waals surface area contributed by atoms with Crippen molar-refractivity contribution in [3.8, 4) is 0 Å². The lowest BCUT2D eigenvalue weighted by Gasteiger charge is -2.34. The number of ether oxygens (including phenoxy) is 1. The van der Waals surface area contributed by atoms with Crippen LogP contribution >= 0.6 is 0 Å². The number of hydrogen-bond donors (Lipinski definition) is 1. The molecule has 2 atom stereocenters. The van der Waals surface area contributed by atoms with E-state index in [9.17, 15) is 0 Å². The number of rotatable bonds is 0. The van der Waals surface area contributed by atoms with Crippen molar-refractivity contribution >= 4 is 0 Å². The molecule has 4 heteroatoms. The van der Waals surface area contributed by atoms with Gasteiger partial charge in [0.25, 0.3) is 0 Å². The van der Waals surface area contributed by atoms with E-state index in [-0.39, 0.29) is 0 Å². The Labute approximate surface area is 69.9 Å². The van der Waals surface area contributed by atoms with Gasteiger partial charge in [-0.2, -0.15) is 0 Å². The second-order valence-electron chi connectivity index (χ2n) is 3.37. The summed E-state index contributed by atoms with van der Waals surface area (Å²) < 4.78 is 10.4. The SMILES string of the molecule is c1onc2c1C1COCC(C2)N1. The van der Waals surface area contributed by atoms with Crippen molar-refractivity contribution in [3.05, 3.63) is 17.5 Å². The van der Waals surface area contributed by atoms with Crippen LogP contribution in [0.25, 0.3) is 0 Å². The molecule has 2 bridgehead atoms. The van der Waals surface area contributed by atoms with Crippen LogP contribution in [-0.2, 0) is 11.2 Å². The second kappa shape index (κ2) is 2.31. The fourth-order valence-corrected chi connectivity index (χ4v) is 1.95. The summed E-state index contributed by atoms with van der Waals surface area (Å²) in [7, 11) is 0. The smallest absolute Gasteiger partial charge is 0.128 e. The van der Waals surface area contributed by atoms with Gasteiger partial charge >= 0.3 is 0 Å². The average molecular weight is 166 g/mol. The third-order valence-electron chi connectivity index (χ3n) is 2.53. The van der Waals surface area contributed by atoms with Gasteiger partial charge in [-0.05, 0) is 0 Å². The molecule has 0 aromatic carbocycles. The molecule has 2 aliphatic heterocycles. The van der Waals surface area contributed by atoms with Crippen molar-refractivity contribution < 1.29 is 9.26 Å². The van der Waals surface area contributed by atoms with E-state index >= 15 is 0 Å². The number of nitrogens with zero attached hydrogens (tertiary/aromatic N) is 1. The lowest BCUT2D eigenvalue weighted by Crippen LogP contribution is -2.48. The highest BCUT2D eigenvalue weighted by atomic mass is 16.5. The van der Waals surface area contributed by atoms with E-state index in [1.54, 1.807) is 6.26 Å². The molecule has 0 spiro atoms. The summed E-state index contributed by atoms with van der Waals surface area (Å²) in [4.78, 5) is 0. The topological polar surface area (TPSA) is 47.3 Å². The lowest BCUT2D eigenvalue weighted by molar-refractivity contribution is 0.0385. The first-order valence-corrected chi connectivity index (χ1v) is 4.20. The monoisotopic (exact) mass is 166 g/mol. The minimum Gasteiger partial charge on any atom is -0.378 e. The summed E-state index contributed by atoms with van der Waals surface area (Å²) in [6, 6.07) is 0.736. The molecule has 2 unspecified atom stereocenters. The minimum atomic E-state index is 0.304. The molecule has 1 aromatic rings. The van der Waals surface area contributed by atoms with Crippen LogP contribution in [0.15, 0.2) is 10.8 Å². The minimum absolute atomic E-state index is 0.304. The number of morpholine rings is 1. The molecule has 64 valence electrons. The van der Waals surface area contributed by atoms with Crippen molar-refractivity contribution in [1.29, 1.82) is 0 Å². The van der Waals surface area contributed by atoms with E-state index < -0.39 is 0 Å². The maximum Gasteiger partial charge on any atom is 0.128 e. The third-order valence-corrected chi connectivity index (χ3v) is 2.53. The molecular weight excluding hydrogens is 156 g/mol. The highest BCUT2D eigenvalue weighted by Gasteiger charge is 2.32. The first-order valence-electron chi connectivity index (χ1n) is 4.20. The number of hydrogen-bond acceptors (Lipinski definition) is 4. The zero-order valence-corrected chi connectivity index (χ0v) is 6.62. The van der Waals surface area contributed by atoms with Gasteiger partial charge in [0.05, 0.1) is 24.9 Å². The molecule has 3 heterocycles. The van der Waals surface area contributed by atoms with Crippen LogP contribution in [0.1, 0.15) is 17.3 Å². The molecule has 2 aliphatic rings. The van der Waals surface area contributed by atoms with Gasteiger partial charge in [-0.1, -0.05) is 5.16 Å². The zero-order chi connectivity index (χ0) is 7.97. The summed E-state index contributed by atoms with van der Waals surface area (Å²) in [6.45, 7) is 1.54. The normalized spacial score (nSPS) is 33.0. The Hall–Kier alpha value is -0.870. The van der Waals surface area contributed by atoms with Crippen molar-refractivity contribution in [1.82, 2.24) is 10.5 Å². The van der Waals surface area contributed by atoms with Gasteiger partial charge in [-0.15, -0.1) is 0 Å². The average Bonchev–Trinajstić information content (AvgIpc) is 2.53. The summed E-state index contributed by atoms with van der Waals surface area (Å²) in [5.74, 6) is 0. The highest BCUT2D eigenvalue weighted by Crippen LogP contribution is 2.27. The third kappa shape index (κ3) is 0.820. The van der Waals surface area contributed by atoms with Crippen LogP contribution in [0.4, 0.5) is 0 Å². The molecule has 12 heavy (non-hydrogen) atoms. The fourth-order valence-electron chi connectivity index (χ4n) is 1.95. The van der Waals surface area contributed by atoms with Crippen LogP contribution in [-0.4, -0.2) is 24.4 Å². The van der Waals surface area contributed by atoms with E-state index in [4.69, 9.17) is 9.26 Å². The molecule has 1 N–H and O–H groups in total. The van der Waals surface area contributed by atoms with Crippen LogP contribution in [0.5, 0.6) is 0 Å². The van der Waals surface area contributed by atoms with Crippen LogP contribution in [0.3, 0.4) is 0 Å². The van der Waals surface area contributed by atoms with Gasteiger partial charge < -0.3 is 14.6 Å². The maximum absolute atomic E-state index is 5.43. The van der Waals surface area contributed by atoms with E-state index in [1.807, 2.05) is 0 Å². The van der Waals surface area contributed by atoms with Crippen molar-refractivity contribution in [2.24, 2.45) is 0 Å². The Morgan fingerprint density at radius 1 is 1.50 bits per heavy atom. The number of nitrogens with one attached hydrogen (secondary N) is 1. The summed E-state index contributed by atoms with van der Waals surface area (Å²) in [5, 5.41) is 7.44. The highest BCUT2D eigenvalue weighted by molar-refractivity contribution is 5.24. The first kappa shape index (κ1) is 6.62. The van der Waals surface area contributed by atoms with E-state index in [2.05, 4.69) is 10.5 Å². The summed E-state index contributed by atoms with van der Waals surface area (Å²) in [5.41, 5.74) is 2.28. The van der Waals surface area contributed by atoms with Crippen LogP contribution in [0, 0.1) is 0 Å². The van der Waals surface area contributed by atoms with Crippen LogP contribution < -0.4 is 5.32 Å². The molecule has 1 saturated heterocycles. The predicted molar refractivity (Wildman–Crippen MR) is 40.7 cm³/mol. The Morgan fingerprint density at radius 3 is 3.50 bits per heavy atom. The largest absolute Gasteiger partial charge is 0.378 e. The molecular formula is C8H10N2O2. The Morgan fingerprint density at radius 2 is 2.50 bits per heavy atom. The quantitative estimate of drug-likeness (QED) is 0.600. The predicted octanol–water partition coefficient (Wildman–Crippen LogP) is 0.260. The summed E-state index contributed by atoms with van der Waals surface area (Å²) >= 11 is 0.